The number of hydrogen-bond donors (Lipinski definition) is 0. The quantitative estimate of drug-likeness (QED) is 0.481. The second-order valence-electron chi connectivity index (χ2n) is 2.81. The van der Waals surface area contributed by atoms with E-state index in [1.165, 1.54) is 0 Å². The van der Waals surface area contributed by atoms with Gasteiger partial charge >= 0.3 is 0 Å². The highest BCUT2D eigenvalue weighted by atomic mass is 17.2. The summed E-state index contributed by atoms with van der Waals surface area (Å²) in [6, 6.07) is 0. The summed E-state index contributed by atoms with van der Waals surface area (Å²) in [6.45, 7) is 7.05. The van der Waals surface area contributed by atoms with Crippen LogP contribution in [0, 0.1) is 5.92 Å². The first-order chi connectivity index (χ1) is 3.65. The zero-order valence-electron chi connectivity index (χ0n) is 5.60. The van der Waals surface area contributed by atoms with Crippen LogP contribution < -0.4 is 0 Å². The molecule has 48 valence electrons. The first-order valence-electron chi connectivity index (χ1n) is 2.96. The molecule has 0 aromatic heterocycles. The molecular weight excluding hydrogens is 104 g/mol. The molecule has 1 heterocycles. The highest BCUT2D eigenvalue weighted by molar-refractivity contribution is 4.80. The summed E-state index contributed by atoms with van der Waals surface area (Å²) in [6.07, 6.45) is 0. The summed E-state index contributed by atoms with van der Waals surface area (Å²) >= 11 is 0. The second-order valence-corrected chi connectivity index (χ2v) is 2.81. The van der Waals surface area contributed by atoms with Crippen LogP contribution in [-0.4, -0.2) is 12.2 Å². The molecule has 1 atom stereocenters. The van der Waals surface area contributed by atoms with Crippen molar-refractivity contribution in [2.24, 2.45) is 5.92 Å². The van der Waals surface area contributed by atoms with Gasteiger partial charge in [0, 0.05) is 0 Å². The smallest absolute Gasteiger partial charge is 0.129 e. The van der Waals surface area contributed by atoms with E-state index in [2.05, 4.69) is 25.7 Å². The lowest BCUT2D eigenvalue weighted by molar-refractivity contribution is -0.476. The molecule has 1 rings (SSSR count). The van der Waals surface area contributed by atoms with Gasteiger partial charge in [-0.2, -0.15) is 0 Å². The summed E-state index contributed by atoms with van der Waals surface area (Å²) in [5, 5.41) is 0. The molecule has 1 aliphatic rings. The molecule has 0 N–H and O–H groups in total. The standard InChI is InChI=1S/C6H12O2/c1-5(2)6(3)4-7-8-6/h5H,4H2,1-3H3. The third-order valence-corrected chi connectivity index (χ3v) is 1.82. The molecule has 0 aromatic rings. The Balaban J connectivity index is 2.41. The fourth-order valence-corrected chi connectivity index (χ4v) is 0.508. The first kappa shape index (κ1) is 6.05. The van der Waals surface area contributed by atoms with Gasteiger partial charge < -0.3 is 0 Å². The molecule has 0 amide bonds. The highest BCUT2D eigenvalue weighted by Crippen LogP contribution is 2.29. The molecule has 1 unspecified atom stereocenters. The van der Waals surface area contributed by atoms with E-state index in [0.717, 1.165) is 6.61 Å². The van der Waals surface area contributed by atoms with Gasteiger partial charge in [-0.05, 0) is 12.8 Å². The zero-order valence-corrected chi connectivity index (χ0v) is 5.60. The van der Waals surface area contributed by atoms with Gasteiger partial charge in [0.05, 0.1) is 0 Å². The lowest BCUT2D eigenvalue weighted by Crippen LogP contribution is -2.48. The van der Waals surface area contributed by atoms with Gasteiger partial charge in [0.1, 0.15) is 12.2 Å². The van der Waals surface area contributed by atoms with Crippen molar-refractivity contribution in [3.05, 3.63) is 0 Å². The van der Waals surface area contributed by atoms with Crippen molar-refractivity contribution in [2.45, 2.75) is 26.4 Å². The van der Waals surface area contributed by atoms with Crippen LogP contribution in [-0.2, 0) is 9.78 Å². The van der Waals surface area contributed by atoms with Crippen molar-refractivity contribution < 1.29 is 9.78 Å². The largest absolute Gasteiger partial charge is 0.233 e. The molecule has 2 heteroatoms. The molecule has 0 aliphatic carbocycles. The summed E-state index contributed by atoms with van der Waals surface area (Å²) in [5.74, 6) is 0.552. The minimum Gasteiger partial charge on any atom is -0.233 e. The third kappa shape index (κ3) is 0.740. The lowest BCUT2D eigenvalue weighted by Gasteiger charge is -2.39. The molecule has 0 spiro atoms. The number of rotatable bonds is 1. The molecule has 1 aliphatic heterocycles. The second kappa shape index (κ2) is 1.71. The Kier molecular flexibility index (Phi) is 1.29. The summed E-state index contributed by atoms with van der Waals surface area (Å²) in [5.41, 5.74) is 0. The van der Waals surface area contributed by atoms with Crippen LogP contribution in [0.4, 0.5) is 0 Å². The van der Waals surface area contributed by atoms with Gasteiger partial charge in [-0.1, -0.05) is 13.8 Å². The van der Waals surface area contributed by atoms with Crippen molar-refractivity contribution in [2.75, 3.05) is 6.61 Å². The molecule has 0 radical (unpaired) electrons. The lowest BCUT2D eigenvalue weighted by atomic mass is 9.93. The maximum atomic E-state index is 4.88. The van der Waals surface area contributed by atoms with Crippen molar-refractivity contribution >= 4 is 0 Å². The van der Waals surface area contributed by atoms with Gasteiger partial charge in [0.25, 0.3) is 0 Å². The predicted octanol–water partition coefficient (Wildman–Crippen LogP) is 1.36. The van der Waals surface area contributed by atoms with E-state index in [0.29, 0.717) is 5.92 Å². The SMILES string of the molecule is CC(C)C1(C)COO1. The zero-order chi connectivity index (χ0) is 6.20. The Hall–Kier alpha value is -0.0800. The minimum atomic E-state index is 0. The summed E-state index contributed by atoms with van der Waals surface area (Å²) in [4.78, 5) is 9.48. The number of hydrogen-bond acceptors (Lipinski definition) is 2. The summed E-state index contributed by atoms with van der Waals surface area (Å²) < 4.78 is 0. The topological polar surface area (TPSA) is 18.5 Å². The van der Waals surface area contributed by atoms with E-state index in [1.807, 2.05) is 0 Å². The average Bonchev–Trinajstić information content (AvgIpc) is 1.60. The predicted molar refractivity (Wildman–Crippen MR) is 30.3 cm³/mol. The van der Waals surface area contributed by atoms with E-state index < -0.39 is 0 Å². The molecule has 0 bridgehead atoms. The van der Waals surface area contributed by atoms with Crippen LogP contribution in [0.2, 0.25) is 0 Å². The first-order valence-corrected chi connectivity index (χ1v) is 2.96. The Labute approximate surface area is 49.7 Å². The van der Waals surface area contributed by atoms with Gasteiger partial charge in [0.2, 0.25) is 0 Å². The third-order valence-electron chi connectivity index (χ3n) is 1.82. The molecule has 0 saturated carbocycles. The van der Waals surface area contributed by atoms with Gasteiger partial charge in [-0.25, -0.2) is 9.78 Å². The van der Waals surface area contributed by atoms with Crippen LogP contribution >= 0.6 is 0 Å². The van der Waals surface area contributed by atoms with Gasteiger partial charge in [0.15, 0.2) is 0 Å². The van der Waals surface area contributed by atoms with Crippen LogP contribution in [0.5, 0.6) is 0 Å². The highest BCUT2D eigenvalue weighted by Gasteiger charge is 2.39. The van der Waals surface area contributed by atoms with E-state index in [9.17, 15) is 0 Å². The fourth-order valence-electron chi connectivity index (χ4n) is 0.508. The molecule has 0 aromatic carbocycles. The Morgan fingerprint density at radius 2 is 2.00 bits per heavy atom. The molecular formula is C6H12O2. The Morgan fingerprint density at radius 1 is 1.50 bits per heavy atom. The van der Waals surface area contributed by atoms with Crippen LogP contribution in [0.3, 0.4) is 0 Å². The Morgan fingerprint density at radius 3 is 2.00 bits per heavy atom. The van der Waals surface area contributed by atoms with Crippen molar-refractivity contribution in [1.29, 1.82) is 0 Å². The van der Waals surface area contributed by atoms with E-state index in [-0.39, 0.29) is 5.60 Å². The molecule has 1 saturated heterocycles. The van der Waals surface area contributed by atoms with E-state index in [1.54, 1.807) is 0 Å². The Bertz CT molecular complexity index is 84.5. The summed E-state index contributed by atoms with van der Waals surface area (Å²) in [7, 11) is 0. The van der Waals surface area contributed by atoms with Crippen molar-refractivity contribution in [3.8, 4) is 0 Å². The average molecular weight is 116 g/mol. The van der Waals surface area contributed by atoms with Crippen LogP contribution in [0.1, 0.15) is 20.8 Å². The monoisotopic (exact) mass is 116 g/mol. The molecule has 2 nitrogen and oxygen atoms in total. The normalized spacial score (nSPS) is 37.5. The van der Waals surface area contributed by atoms with Crippen LogP contribution in [0.15, 0.2) is 0 Å². The maximum absolute atomic E-state index is 4.88. The van der Waals surface area contributed by atoms with Gasteiger partial charge in [-0.15, -0.1) is 0 Å². The molecule has 1 fully saturated rings. The maximum Gasteiger partial charge on any atom is 0.129 e. The minimum absolute atomic E-state index is 0. The van der Waals surface area contributed by atoms with Gasteiger partial charge in [-0.3, -0.25) is 0 Å². The van der Waals surface area contributed by atoms with Crippen molar-refractivity contribution in [1.82, 2.24) is 0 Å². The van der Waals surface area contributed by atoms with E-state index >= 15 is 0 Å². The van der Waals surface area contributed by atoms with E-state index in [4.69, 9.17) is 4.89 Å². The molecule has 8 heavy (non-hydrogen) atoms. The van der Waals surface area contributed by atoms with Crippen molar-refractivity contribution in [3.63, 3.8) is 0 Å². The fraction of sp³-hybridized carbons (Fsp3) is 1.00. The van der Waals surface area contributed by atoms with Crippen LogP contribution in [0.25, 0.3) is 0 Å².